The third kappa shape index (κ3) is 3.14. The number of benzene rings is 1. The van der Waals surface area contributed by atoms with Crippen LogP contribution in [0.25, 0.3) is 0 Å². The van der Waals surface area contributed by atoms with Crippen LogP contribution in [-0.4, -0.2) is 15.8 Å². The molecular formula is C15H20ClN3O. The standard InChI is InChI=1S/C15H20ClN3O/c1-9-5-6-12(16)8-14(9)20-15-13(7-10(2)17)11(3)18-19(15)4/h5-6,8,10H,7,17H2,1-4H3. The van der Waals surface area contributed by atoms with E-state index < -0.39 is 0 Å². The number of nitrogens with two attached hydrogens (primary N) is 1. The van der Waals surface area contributed by atoms with E-state index in [1.54, 1.807) is 4.68 Å². The topological polar surface area (TPSA) is 53.1 Å². The van der Waals surface area contributed by atoms with Crippen molar-refractivity contribution >= 4 is 11.6 Å². The molecule has 0 amide bonds. The Balaban J connectivity index is 2.40. The van der Waals surface area contributed by atoms with Crippen LogP contribution in [0.4, 0.5) is 0 Å². The summed E-state index contributed by atoms with van der Waals surface area (Å²) in [6.45, 7) is 5.93. The van der Waals surface area contributed by atoms with E-state index in [9.17, 15) is 0 Å². The minimum absolute atomic E-state index is 0.0562. The highest BCUT2D eigenvalue weighted by atomic mass is 35.5. The SMILES string of the molecule is Cc1ccc(Cl)cc1Oc1c(CC(C)N)c(C)nn1C. The molecule has 0 fully saturated rings. The zero-order valence-electron chi connectivity index (χ0n) is 12.3. The van der Waals surface area contributed by atoms with E-state index in [4.69, 9.17) is 22.1 Å². The summed E-state index contributed by atoms with van der Waals surface area (Å²) < 4.78 is 7.78. The number of nitrogens with zero attached hydrogens (tertiary/aromatic N) is 2. The zero-order valence-corrected chi connectivity index (χ0v) is 13.0. The molecule has 2 N–H and O–H groups in total. The van der Waals surface area contributed by atoms with Crippen molar-refractivity contribution in [2.75, 3.05) is 0 Å². The van der Waals surface area contributed by atoms with Crippen molar-refractivity contribution in [1.29, 1.82) is 0 Å². The van der Waals surface area contributed by atoms with Crippen LogP contribution < -0.4 is 10.5 Å². The van der Waals surface area contributed by atoms with Crippen LogP contribution in [0.2, 0.25) is 5.02 Å². The van der Waals surface area contributed by atoms with Gasteiger partial charge in [0, 0.05) is 23.7 Å². The van der Waals surface area contributed by atoms with E-state index >= 15 is 0 Å². The first-order valence-corrected chi connectivity index (χ1v) is 6.98. The number of halogens is 1. The van der Waals surface area contributed by atoms with Crippen LogP contribution in [-0.2, 0) is 13.5 Å². The second kappa shape index (κ2) is 5.85. The molecule has 1 atom stereocenters. The lowest BCUT2D eigenvalue weighted by Crippen LogP contribution is -2.18. The molecular weight excluding hydrogens is 274 g/mol. The first-order valence-electron chi connectivity index (χ1n) is 6.60. The van der Waals surface area contributed by atoms with E-state index in [2.05, 4.69) is 5.10 Å². The number of hydrogen-bond acceptors (Lipinski definition) is 3. The van der Waals surface area contributed by atoms with Gasteiger partial charge in [-0.05, 0) is 44.9 Å². The molecule has 0 aliphatic carbocycles. The van der Waals surface area contributed by atoms with Crippen molar-refractivity contribution in [3.05, 3.63) is 40.0 Å². The fourth-order valence-electron chi connectivity index (χ4n) is 2.15. The molecule has 1 unspecified atom stereocenters. The van der Waals surface area contributed by atoms with Crippen LogP contribution >= 0.6 is 11.6 Å². The summed E-state index contributed by atoms with van der Waals surface area (Å²) in [6, 6.07) is 5.66. The molecule has 20 heavy (non-hydrogen) atoms. The molecule has 5 heteroatoms. The van der Waals surface area contributed by atoms with Gasteiger partial charge in [-0.1, -0.05) is 17.7 Å². The van der Waals surface area contributed by atoms with Gasteiger partial charge in [0.15, 0.2) is 0 Å². The number of rotatable bonds is 4. The Kier molecular flexibility index (Phi) is 4.35. The van der Waals surface area contributed by atoms with Crippen molar-refractivity contribution in [2.45, 2.75) is 33.2 Å². The highest BCUT2D eigenvalue weighted by Gasteiger charge is 2.17. The summed E-state index contributed by atoms with van der Waals surface area (Å²) in [7, 11) is 1.87. The van der Waals surface area contributed by atoms with Crippen LogP contribution in [0, 0.1) is 13.8 Å². The lowest BCUT2D eigenvalue weighted by molar-refractivity contribution is 0.422. The fraction of sp³-hybridized carbons (Fsp3) is 0.400. The molecule has 0 saturated carbocycles. The molecule has 0 saturated heterocycles. The van der Waals surface area contributed by atoms with E-state index in [1.807, 2.05) is 46.0 Å². The average molecular weight is 294 g/mol. The summed E-state index contributed by atoms with van der Waals surface area (Å²) in [5.74, 6) is 1.47. The Morgan fingerprint density at radius 2 is 2.10 bits per heavy atom. The van der Waals surface area contributed by atoms with E-state index in [0.717, 1.165) is 34.9 Å². The van der Waals surface area contributed by atoms with E-state index in [-0.39, 0.29) is 6.04 Å². The normalized spacial score (nSPS) is 12.5. The molecule has 0 aliphatic heterocycles. The summed E-state index contributed by atoms with van der Waals surface area (Å²) >= 11 is 6.03. The number of ether oxygens (including phenoxy) is 1. The summed E-state index contributed by atoms with van der Waals surface area (Å²) in [5.41, 5.74) is 8.92. The minimum Gasteiger partial charge on any atom is -0.439 e. The molecule has 1 aromatic heterocycles. The van der Waals surface area contributed by atoms with Gasteiger partial charge in [-0.25, -0.2) is 4.68 Å². The van der Waals surface area contributed by atoms with Crippen molar-refractivity contribution in [1.82, 2.24) is 9.78 Å². The molecule has 1 aromatic carbocycles. The molecule has 2 aromatic rings. The minimum atomic E-state index is 0.0562. The second-order valence-corrected chi connectivity index (χ2v) is 5.62. The average Bonchev–Trinajstić information content (AvgIpc) is 2.60. The van der Waals surface area contributed by atoms with Gasteiger partial charge < -0.3 is 10.5 Å². The van der Waals surface area contributed by atoms with Crippen molar-refractivity contribution in [3.8, 4) is 11.6 Å². The zero-order chi connectivity index (χ0) is 14.9. The lowest BCUT2D eigenvalue weighted by Gasteiger charge is -2.12. The third-order valence-corrected chi connectivity index (χ3v) is 3.41. The Labute approximate surface area is 124 Å². The first kappa shape index (κ1) is 14.9. The Morgan fingerprint density at radius 3 is 2.75 bits per heavy atom. The van der Waals surface area contributed by atoms with Crippen LogP contribution in [0.15, 0.2) is 18.2 Å². The predicted octanol–water partition coefficient (Wildman–Crippen LogP) is 3.37. The number of hydrogen-bond donors (Lipinski definition) is 1. The Hall–Kier alpha value is -1.52. The maximum absolute atomic E-state index is 6.03. The Bertz CT molecular complexity index is 620. The molecule has 2 rings (SSSR count). The summed E-state index contributed by atoms with van der Waals surface area (Å²) in [5, 5.41) is 5.07. The first-order chi connectivity index (χ1) is 9.38. The van der Waals surface area contributed by atoms with Gasteiger partial charge in [-0.2, -0.15) is 5.10 Å². The second-order valence-electron chi connectivity index (χ2n) is 5.19. The molecule has 0 spiro atoms. The summed E-state index contributed by atoms with van der Waals surface area (Å²) in [6.07, 6.45) is 0.731. The van der Waals surface area contributed by atoms with Gasteiger partial charge >= 0.3 is 0 Å². The van der Waals surface area contributed by atoms with E-state index in [0.29, 0.717) is 5.02 Å². The van der Waals surface area contributed by atoms with Crippen molar-refractivity contribution in [2.24, 2.45) is 12.8 Å². The molecule has 0 aliphatic rings. The fourth-order valence-corrected chi connectivity index (χ4v) is 2.32. The number of aryl methyl sites for hydroxylation is 3. The van der Waals surface area contributed by atoms with Crippen LogP contribution in [0.5, 0.6) is 11.6 Å². The van der Waals surface area contributed by atoms with Crippen molar-refractivity contribution < 1.29 is 4.74 Å². The van der Waals surface area contributed by atoms with Gasteiger partial charge in [0.25, 0.3) is 0 Å². The smallest absolute Gasteiger partial charge is 0.221 e. The highest BCUT2D eigenvalue weighted by Crippen LogP contribution is 2.31. The van der Waals surface area contributed by atoms with Crippen LogP contribution in [0.1, 0.15) is 23.7 Å². The summed E-state index contributed by atoms with van der Waals surface area (Å²) in [4.78, 5) is 0. The molecule has 0 bridgehead atoms. The molecule has 108 valence electrons. The lowest BCUT2D eigenvalue weighted by atomic mass is 10.1. The van der Waals surface area contributed by atoms with Gasteiger partial charge in [-0.15, -0.1) is 0 Å². The third-order valence-electron chi connectivity index (χ3n) is 3.17. The van der Waals surface area contributed by atoms with Gasteiger partial charge in [-0.3, -0.25) is 0 Å². The molecule has 4 nitrogen and oxygen atoms in total. The predicted molar refractivity (Wildman–Crippen MR) is 81.6 cm³/mol. The maximum atomic E-state index is 6.03. The molecule has 1 heterocycles. The van der Waals surface area contributed by atoms with Gasteiger partial charge in [0.2, 0.25) is 5.88 Å². The quantitative estimate of drug-likeness (QED) is 0.940. The Morgan fingerprint density at radius 1 is 1.40 bits per heavy atom. The van der Waals surface area contributed by atoms with Gasteiger partial charge in [0.05, 0.1) is 5.69 Å². The molecule has 0 radical (unpaired) electrons. The van der Waals surface area contributed by atoms with Crippen LogP contribution in [0.3, 0.4) is 0 Å². The largest absolute Gasteiger partial charge is 0.439 e. The van der Waals surface area contributed by atoms with Gasteiger partial charge in [0.1, 0.15) is 5.75 Å². The maximum Gasteiger partial charge on any atom is 0.221 e. The van der Waals surface area contributed by atoms with Crippen molar-refractivity contribution in [3.63, 3.8) is 0 Å². The number of aromatic nitrogens is 2. The highest BCUT2D eigenvalue weighted by molar-refractivity contribution is 6.30. The monoisotopic (exact) mass is 293 g/mol. The van der Waals surface area contributed by atoms with E-state index in [1.165, 1.54) is 0 Å².